The van der Waals surface area contributed by atoms with E-state index < -0.39 is 11.6 Å². The molecular formula is C24H22F2N6. The third-order valence-corrected chi connectivity index (χ3v) is 5.70. The summed E-state index contributed by atoms with van der Waals surface area (Å²) in [5, 5.41) is 4.55. The third-order valence-electron chi connectivity index (χ3n) is 5.70. The molecule has 1 aliphatic heterocycles. The summed E-state index contributed by atoms with van der Waals surface area (Å²) in [6.45, 7) is 4.65. The van der Waals surface area contributed by atoms with Crippen LogP contribution in [0.2, 0.25) is 0 Å². The molecule has 0 saturated carbocycles. The van der Waals surface area contributed by atoms with Crippen molar-refractivity contribution in [2.24, 2.45) is 0 Å². The number of aromatic nitrogens is 6. The number of benzene rings is 1. The second-order valence-electron chi connectivity index (χ2n) is 8.05. The van der Waals surface area contributed by atoms with Gasteiger partial charge in [0.2, 0.25) is 0 Å². The van der Waals surface area contributed by atoms with Gasteiger partial charge in [0.25, 0.3) is 0 Å². The molecule has 4 heterocycles. The van der Waals surface area contributed by atoms with Crippen LogP contribution in [0.3, 0.4) is 0 Å². The van der Waals surface area contributed by atoms with E-state index in [1.807, 2.05) is 42.8 Å². The average Bonchev–Trinajstić information content (AvgIpc) is 3.40. The molecule has 8 heteroatoms. The number of pyridine rings is 1. The molecule has 0 N–H and O–H groups in total. The lowest BCUT2D eigenvalue weighted by Crippen LogP contribution is -2.19. The molecule has 32 heavy (non-hydrogen) atoms. The molecule has 0 bridgehead atoms. The van der Waals surface area contributed by atoms with Gasteiger partial charge in [-0.15, -0.1) is 0 Å². The molecule has 1 atom stereocenters. The molecule has 0 radical (unpaired) electrons. The van der Waals surface area contributed by atoms with Crippen LogP contribution < -0.4 is 0 Å². The van der Waals surface area contributed by atoms with Crippen LogP contribution in [0.1, 0.15) is 52.8 Å². The summed E-state index contributed by atoms with van der Waals surface area (Å²) in [4.78, 5) is 13.4. The van der Waals surface area contributed by atoms with E-state index in [9.17, 15) is 8.78 Å². The largest absolute Gasteiger partial charge is 0.290 e. The van der Waals surface area contributed by atoms with Crippen molar-refractivity contribution in [3.63, 3.8) is 0 Å². The number of nitrogens with zero attached hydrogens (tertiary/aromatic N) is 6. The van der Waals surface area contributed by atoms with Crippen molar-refractivity contribution in [1.29, 1.82) is 0 Å². The molecular weight excluding hydrogens is 410 g/mol. The second kappa shape index (κ2) is 8.11. The summed E-state index contributed by atoms with van der Waals surface area (Å²) in [5.74, 6) is 0.0858. The molecule has 0 saturated heterocycles. The van der Waals surface area contributed by atoms with Crippen LogP contribution in [-0.2, 0) is 6.54 Å². The Labute approximate surface area is 184 Å². The number of fused-ring (bicyclic) bond motifs is 1. The molecule has 3 aromatic heterocycles. The van der Waals surface area contributed by atoms with Crippen molar-refractivity contribution >= 4 is 12.2 Å². The van der Waals surface area contributed by atoms with E-state index in [0.717, 1.165) is 35.1 Å². The normalized spacial score (nSPS) is 15.9. The highest BCUT2D eigenvalue weighted by atomic mass is 19.2. The maximum absolute atomic E-state index is 14.4. The minimum absolute atomic E-state index is 0.309. The van der Waals surface area contributed by atoms with Gasteiger partial charge in [-0.25, -0.2) is 28.4 Å². The smallest absolute Gasteiger partial charge is 0.174 e. The van der Waals surface area contributed by atoms with E-state index >= 15 is 0 Å². The highest BCUT2D eigenvalue weighted by Crippen LogP contribution is 2.34. The van der Waals surface area contributed by atoms with Crippen LogP contribution in [0.25, 0.3) is 18.0 Å². The third kappa shape index (κ3) is 3.72. The minimum atomic E-state index is -0.837. The molecule has 0 aliphatic carbocycles. The van der Waals surface area contributed by atoms with Crippen molar-refractivity contribution in [1.82, 2.24) is 29.3 Å². The summed E-state index contributed by atoms with van der Waals surface area (Å²) < 4.78 is 31.8. The van der Waals surface area contributed by atoms with Gasteiger partial charge >= 0.3 is 0 Å². The van der Waals surface area contributed by atoms with Crippen molar-refractivity contribution in [2.45, 2.75) is 39.2 Å². The Balaban J connectivity index is 1.41. The Morgan fingerprint density at radius 1 is 1.12 bits per heavy atom. The summed E-state index contributed by atoms with van der Waals surface area (Å²) >= 11 is 0. The van der Waals surface area contributed by atoms with Gasteiger partial charge in [-0.05, 0) is 62.1 Å². The van der Waals surface area contributed by atoms with Gasteiger partial charge in [0.05, 0.1) is 5.69 Å². The average molecular weight is 432 g/mol. The van der Waals surface area contributed by atoms with E-state index in [0.29, 0.717) is 30.2 Å². The maximum Gasteiger partial charge on any atom is 0.174 e. The molecule has 162 valence electrons. The zero-order valence-electron chi connectivity index (χ0n) is 17.8. The highest BCUT2D eigenvalue weighted by Gasteiger charge is 2.28. The predicted molar refractivity (Wildman–Crippen MR) is 117 cm³/mol. The molecule has 1 aliphatic rings. The molecule has 0 unspecified atom stereocenters. The van der Waals surface area contributed by atoms with E-state index in [-0.39, 0.29) is 5.92 Å². The van der Waals surface area contributed by atoms with Gasteiger partial charge in [0, 0.05) is 30.4 Å². The first-order valence-electron chi connectivity index (χ1n) is 10.5. The Morgan fingerprint density at radius 3 is 2.78 bits per heavy atom. The number of halogens is 2. The zero-order valence-corrected chi connectivity index (χ0v) is 17.8. The molecule has 0 fully saturated rings. The standard InChI is InChI=1S/C24H22F2N6/c1-15-11-17(12-27-23(15)31-13-16(2)28-14-31)8-9-21-29-24-19(6-4-10-32(24)30-21)18-5-3-7-20(25)22(18)26/h3,5,7-9,11-14,19H,4,6,10H2,1-2H3/b9-8+/t19-/m0/s1. The number of aryl methyl sites for hydroxylation is 3. The Morgan fingerprint density at radius 2 is 2.00 bits per heavy atom. The van der Waals surface area contributed by atoms with Crippen LogP contribution in [0.4, 0.5) is 8.78 Å². The predicted octanol–water partition coefficient (Wildman–Crippen LogP) is 4.85. The van der Waals surface area contributed by atoms with E-state index in [1.54, 1.807) is 23.3 Å². The van der Waals surface area contributed by atoms with Crippen LogP contribution in [0.15, 0.2) is 43.0 Å². The van der Waals surface area contributed by atoms with Crippen LogP contribution >= 0.6 is 0 Å². The molecule has 0 spiro atoms. The number of hydrogen-bond acceptors (Lipinski definition) is 4. The summed E-state index contributed by atoms with van der Waals surface area (Å²) in [5.41, 5.74) is 3.20. The first-order valence-corrected chi connectivity index (χ1v) is 10.5. The van der Waals surface area contributed by atoms with Crippen molar-refractivity contribution in [2.75, 3.05) is 0 Å². The van der Waals surface area contributed by atoms with Crippen molar-refractivity contribution in [3.8, 4) is 5.82 Å². The van der Waals surface area contributed by atoms with Gasteiger partial charge in [0.1, 0.15) is 18.0 Å². The quantitative estimate of drug-likeness (QED) is 0.463. The molecule has 4 aromatic rings. The van der Waals surface area contributed by atoms with Crippen LogP contribution in [0.5, 0.6) is 0 Å². The van der Waals surface area contributed by atoms with Gasteiger partial charge in [-0.1, -0.05) is 12.1 Å². The van der Waals surface area contributed by atoms with Crippen molar-refractivity contribution in [3.05, 3.63) is 88.7 Å². The van der Waals surface area contributed by atoms with Gasteiger partial charge in [0.15, 0.2) is 17.5 Å². The number of rotatable bonds is 4. The highest BCUT2D eigenvalue weighted by molar-refractivity contribution is 5.67. The minimum Gasteiger partial charge on any atom is -0.290 e. The fourth-order valence-corrected chi connectivity index (χ4v) is 4.18. The topological polar surface area (TPSA) is 61.4 Å². The monoisotopic (exact) mass is 432 g/mol. The van der Waals surface area contributed by atoms with E-state index in [2.05, 4.69) is 20.1 Å². The first kappa shape index (κ1) is 20.2. The maximum atomic E-state index is 14.4. The second-order valence-corrected chi connectivity index (χ2v) is 8.05. The van der Waals surface area contributed by atoms with Gasteiger partial charge < -0.3 is 0 Å². The van der Waals surface area contributed by atoms with E-state index in [1.165, 1.54) is 6.07 Å². The Bertz CT molecular complexity index is 1320. The molecule has 1 aromatic carbocycles. The van der Waals surface area contributed by atoms with Crippen LogP contribution in [0, 0.1) is 25.5 Å². The van der Waals surface area contributed by atoms with Crippen LogP contribution in [-0.4, -0.2) is 29.3 Å². The molecule has 0 amide bonds. The fraction of sp³-hybridized carbons (Fsp3) is 0.250. The summed E-state index contributed by atoms with van der Waals surface area (Å²) in [6, 6.07) is 6.33. The first-order chi connectivity index (χ1) is 15.5. The number of imidazole rings is 1. The molecule has 5 rings (SSSR count). The number of hydrogen-bond donors (Lipinski definition) is 0. The summed E-state index contributed by atoms with van der Waals surface area (Å²) in [7, 11) is 0. The lowest BCUT2D eigenvalue weighted by molar-refractivity contribution is 0.426. The SMILES string of the molecule is Cc1cn(-c2ncc(/C=C/c3nc4n(n3)CCC[C@H]4c3cccc(F)c3F)cc2C)cn1. The lowest BCUT2D eigenvalue weighted by atomic mass is 9.91. The fourth-order valence-electron chi connectivity index (χ4n) is 4.18. The zero-order chi connectivity index (χ0) is 22.2. The lowest BCUT2D eigenvalue weighted by Gasteiger charge is -2.22. The Hall–Kier alpha value is -3.68. The van der Waals surface area contributed by atoms with Crippen molar-refractivity contribution < 1.29 is 8.78 Å². The van der Waals surface area contributed by atoms with E-state index in [4.69, 9.17) is 0 Å². The molecule has 6 nitrogen and oxygen atoms in total. The Kier molecular flexibility index (Phi) is 5.13. The van der Waals surface area contributed by atoms with Gasteiger partial charge in [-0.3, -0.25) is 4.57 Å². The van der Waals surface area contributed by atoms with Gasteiger partial charge in [-0.2, -0.15) is 5.10 Å². The summed E-state index contributed by atoms with van der Waals surface area (Å²) in [6.07, 6.45) is 10.7.